The lowest BCUT2D eigenvalue weighted by Gasteiger charge is -2.11. The molecule has 1 atom stereocenters. The monoisotopic (exact) mass is 291 g/mol. The van der Waals surface area contributed by atoms with Gasteiger partial charge in [-0.15, -0.1) is 0 Å². The lowest BCUT2D eigenvalue weighted by molar-refractivity contribution is 0.0938. The van der Waals surface area contributed by atoms with Crippen LogP contribution in [0.2, 0.25) is 5.02 Å². The van der Waals surface area contributed by atoms with Crippen molar-refractivity contribution in [3.05, 3.63) is 46.7 Å². The Hall–Kier alpha value is -1.81. The third-order valence-electron chi connectivity index (χ3n) is 3.30. The number of carbonyl (C=O) groups is 1. The average Bonchev–Trinajstić information content (AvgIpc) is 2.80. The maximum Gasteiger partial charge on any atom is 0.254 e. The highest BCUT2D eigenvalue weighted by Gasteiger charge is 2.16. The van der Waals surface area contributed by atoms with Gasteiger partial charge in [0.1, 0.15) is 0 Å². The Labute approximate surface area is 123 Å². The molecule has 0 saturated carbocycles. The molecular formula is C15H18ClN3O. The van der Waals surface area contributed by atoms with E-state index in [1.807, 2.05) is 39.0 Å². The first-order valence-electron chi connectivity index (χ1n) is 6.64. The van der Waals surface area contributed by atoms with E-state index in [-0.39, 0.29) is 11.9 Å². The van der Waals surface area contributed by atoms with Gasteiger partial charge in [-0.05, 0) is 38.5 Å². The van der Waals surface area contributed by atoms with Gasteiger partial charge in [0.15, 0.2) is 0 Å². The molecule has 0 fully saturated rings. The van der Waals surface area contributed by atoms with Gasteiger partial charge in [0, 0.05) is 11.1 Å². The van der Waals surface area contributed by atoms with Crippen molar-refractivity contribution in [3.8, 4) is 5.69 Å². The normalized spacial score (nSPS) is 12.2. The Morgan fingerprint density at radius 1 is 1.50 bits per heavy atom. The summed E-state index contributed by atoms with van der Waals surface area (Å²) in [6, 6.07) is 7.54. The Morgan fingerprint density at radius 3 is 2.90 bits per heavy atom. The number of nitrogens with one attached hydrogen (secondary N) is 1. The van der Waals surface area contributed by atoms with E-state index in [0.29, 0.717) is 10.6 Å². The molecule has 1 N–H and O–H groups in total. The van der Waals surface area contributed by atoms with E-state index in [1.165, 1.54) is 0 Å². The van der Waals surface area contributed by atoms with Gasteiger partial charge < -0.3 is 5.32 Å². The molecule has 0 aliphatic heterocycles. The summed E-state index contributed by atoms with van der Waals surface area (Å²) in [6.07, 6.45) is 2.49. The standard InChI is InChI=1S/C15H18ClN3O/c1-4-10(2)18-15(20)14-9-17-19(11(14)3)13-7-5-6-12(16)8-13/h5-10H,4H2,1-3H3,(H,18,20). The van der Waals surface area contributed by atoms with Crippen molar-refractivity contribution in [2.75, 3.05) is 0 Å². The fourth-order valence-electron chi connectivity index (χ4n) is 1.90. The van der Waals surface area contributed by atoms with Crippen LogP contribution in [0.15, 0.2) is 30.5 Å². The van der Waals surface area contributed by atoms with E-state index in [4.69, 9.17) is 11.6 Å². The molecule has 106 valence electrons. The van der Waals surface area contributed by atoms with Gasteiger partial charge >= 0.3 is 0 Å². The second-order valence-electron chi connectivity index (χ2n) is 4.82. The summed E-state index contributed by atoms with van der Waals surface area (Å²) in [7, 11) is 0. The van der Waals surface area contributed by atoms with Crippen molar-refractivity contribution < 1.29 is 4.79 Å². The second kappa shape index (κ2) is 6.09. The van der Waals surface area contributed by atoms with Crippen LogP contribution in [0.5, 0.6) is 0 Å². The summed E-state index contributed by atoms with van der Waals surface area (Å²) in [4.78, 5) is 12.2. The minimum absolute atomic E-state index is 0.0925. The van der Waals surface area contributed by atoms with Crippen molar-refractivity contribution in [2.45, 2.75) is 33.2 Å². The van der Waals surface area contributed by atoms with Crippen molar-refractivity contribution >= 4 is 17.5 Å². The highest BCUT2D eigenvalue weighted by atomic mass is 35.5. The fraction of sp³-hybridized carbons (Fsp3) is 0.333. The number of hydrogen-bond donors (Lipinski definition) is 1. The molecule has 0 saturated heterocycles. The minimum atomic E-state index is -0.0925. The molecule has 0 spiro atoms. The molecule has 0 aliphatic carbocycles. The molecule has 1 aromatic heterocycles. The van der Waals surface area contributed by atoms with E-state index in [9.17, 15) is 4.79 Å². The first-order chi connectivity index (χ1) is 9.52. The summed E-state index contributed by atoms with van der Waals surface area (Å²) in [5.41, 5.74) is 2.23. The topological polar surface area (TPSA) is 46.9 Å². The van der Waals surface area contributed by atoms with Crippen LogP contribution in [0, 0.1) is 6.92 Å². The zero-order valence-electron chi connectivity index (χ0n) is 11.9. The highest BCUT2D eigenvalue weighted by molar-refractivity contribution is 6.30. The predicted molar refractivity (Wildman–Crippen MR) is 80.5 cm³/mol. The van der Waals surface area contributed by atoms with Crippen LogP contribution >= 0.6 is 11.6 Å². The van der Waals surface area contributed by atoms with Crippen LogP contribution in [0.4, 0.5) is 0 Å². The number of nitrogens with zero attached hydrogens (tertiary/aromatic N) is 2. The number of benzene rings is 1. The molecule has 1 aromatic carbocycles. The van der Waals surface area contributed by atoms with Gasteiger partial charge in [-0.25, -0.2) is 4.68 Å². The molecule has 1 unspecified atom stereocenters. The molecule has 20 heavy (non-hydrogen) atoms. The molecule has 0 aliphatic rings. The van der Waals surface area contributed by atoms with Crippen molar-refractivity contribution in [3.63, 3.8) is 0 Å². The number of carbonyl (C=O) groups excluding carboxylic acids is 1. The molecule has 0 bridgehead atoms. The smallest absolute Gasteiger partial charge is 0.254 e. The quantitative estimate of drug-likeness (QED) is 0.939. The molecular weight excluding hydrogens is 274 g/mol. The lowest BCUT2D eigenvalue weighted by atomic mass is 10.2. The zero-order valence-corrected chi connectivity index (χ0v) is 12.6. The summed E-state index contributed by atoms with van der Waals surface area (Å²) in [5, 5.41) is 7.86. The van der Waals surface area contributed by atoms with Crippen molar-refractivity contribution in [1.82, 2.24) is 15.1 Å². The average molecular weight is 292 g/mol. The first-order valence-corrected chi connectivity index (χ1v) is 7.02. The number of aromatic nitrogens is 2. The molecule has 5 heteroatoms. The zero-order chi connectivity index (χ0) is 14.7. The van der Waals surface area contributed by atoms with Crippen molar-refractivity contribution in [1.29, 1.82) is 0 Å². The van der Waals surface area contributed by atoms with Crippen LogP contribution in [0.3, 0.4) is 0 Å². The molecule has 0 radical (unpaired) electrons. The largest absolute Gasteiger partial charge is 0.349 e. The predicted octanol–water partition coefficient (Wildman–Crippen LogP) is 3.36. The minimum Gasteiger partial charge on any atom is -0.349 e. The third-order valence-corrected chi connectivity index (χ3v) is 3.53. The Balaban J connectivity index is 2.29. The summed E-state index contributed by atoms with van der Waals surface area (Å²) >= 11 is 5.98. The SMILES string of the molecule is CCC(C)NC(=O)c1cnn(-c2cccc(Cl)c2)c1C. The van der Waals surface area contributed by atoms with Crippen LogP contribution in [-0.4, -0.2) is 21.7 Å². The second-order valence-corrected chi connectivity index (χ2v) is 5.25. The third kappa shape index (κ3) is 3.02. The first kappa shape index (κ1) is 14.6. The highest BCUT2D eigenvalue weighted by Crippen LogP contribution is 2.18. The van der Waals surface area contributed by atoms with E-state index in [2.05, 4.69) is 10.4 Å². The van der Waals surface area contributed by atoms with Gasteiger partial charge in [-0.2, -0.15) is 5.10 Å². The maximum atomic E-state index is 12.2. The Bertz CT molecular complexity index is 621. The fourth-order valence-corrected chi connectivity index (χ4v) is 2.09. The van der Waals surface area contributed by atoms with Crippen molar-refractivity contribution in [2.24, 2.45) is 0 Å². The Kier molecular flexibility index (Phi) is 4.45. The number of rotatable bonds is 4. The van der Waals surface area contributed by atoms with Gasteiger partial charge in [0.25, 0.3) is 5.91 Å². The maximum absolute atomic E-state index is 12.2. The molecule has 4 nitrogen and oxygen atoms in total. The summed E-state index contributed by atoms with van der Waals surface area (Å²) in [5.74, 6) is -0.0925. The molecule has 1 amide bonds. The summed E-state index contributed by atoms with van der Waals surface area (Å²) < 4.78 is 1.72. The van der Waals surface area contributed by atoms with Crippen LogP contribution < -0.4 is 5.32 Å². The number of amides is 1. The van der Waals surface area contributed by atoms with Crippen LogP contribution in [0.25, 0.3) is 5.69 Å². The molecule has 2 rings (SSSR count). The summed E-state index contributed by atoms with van der Waals surface area (Å²) in [6.45, 7) is 5.89. The Morgan fingerprint density at radius 2 is 2.25 bits per heavy atom. The van der Waals surface area contributed by atoms with Gasteiger partial charge in [0.2, 0.25) is 0 Å². The van der Waals surface area contributed by atoms with E-state index >= 15 is 0 Å². The van der Waals surface area contributed by atoms with Crippen LogP contribution in [0.1, 0.15) is 36.3 Å². The lowest BCUT2D eigenvalue weighted by Crippen LogP contribution is -2.32. The van der Waals surface area contributed by atoms with E-state index < -0.39 is 0 Å². The molecule has 1 heterocycles. The van der Waals surface area contributed by atoms with E-state index in [0.717, 1.165) is 17.8 Å². The van der Waals surface area contributed by atoms with Gasteiger partial charge in [0.05, 0.1) is 23.1 Å². The number of hydrogen-bond acceptors (Lipinski definition) is 2. The van der Waals surface area contributed by atoms with E-state index in [1.54, 1.807) is 16.9 Å². The van der Waals surface area contributed by atoms with Gasteiger partial charge in [-0.1, -0.05) is 24.6 Å². The van der Waals surface area contributed by atoms with Crippen LogP contribution in [-0.2, 0) is 0 Å². The van der Waals surface area contributed by atoms with Gasteiger partial charge in [-0.3, -0.25) is 4.79 Å². The number of halogens is 1. The molecule has 2 aromatic rings.